The van der Waals surface area contributed by atoms with Crippen LogP contribution < -0.4 is 5.32 Å². The van der Waals surface area contributed by atoms with Gasteiger partial charge in [0, 0.05) is 6.54 Å². The van der Waals surface area contributed by atoms with Crippen molar-refractivity contribution in [3.05, 3.63) is 0 Å². The Morgan fingerprint density at radius 2 is 1.77 bits per heavy atom. The van der Waals surface area contributed by atoms with E-state index in [9.17, 15) is 4.39 Å². The summed E-state index contributed by atoms with van der Waals surface area (Å²) in [5.41, 5.74) is 0. The van der Waals surface area contributed by atoms with Crippen LogP contribution in [0, 0.1) is 11.8 Å². The van der Waals surface area contributed by atoms with E-state index < -0.39 is 6.17 Å². The molecule has 0 spiro atoms. The first-order valence-corrected chi connectivity index (χ1v) is 4.72. The number of hydrogen-bond donors (Lipinski definition) is 1. The molecule has 4 heteroatoms. The number of alkyl halides is 1. The molecule has 1 aliphatic carbocycles. The van der Waals surface area contributed by atoms with E-state index in [4.69, 9.17) is 0 Å². The molecule has 1 heterocycles. The van der Waals surface area contributed by atoms with Crippen molar-refractivity contribution in [1.82, 2.24) is 5.32 Å². The Hall–Kier alpha value is 0.470. The monoisotopic (exact) mass is 229 g/mol. The van der Waals surface area contributed by atoms with E-state index in [2.05, 4.69) is 5.32 Å². The molecule has 0 bridgehead atoms. The lowest BCUT2D eigenvalue weighted by Gasteiger charge is -2.38. The summed E-state index contributed by atoms with van der Waals surface area (Å²) in [7, 11) is 0. The molecule has 2 atom stereocenters. The minimum absolute atomic E-state index is 0. The second kappa shape index (κ2) is 6.05. The van der Waals surface area contributed by atoms with Crippen LogP contribution in [0.5, 0.6) is 0 Å². The number of rotatable bonds is 1. The zero-order valence-electron chi connectivity index (χ0n) is 7.67. The van der Waals surface area contributed by atoms with Crippen LogP contribution in [-0.4, -0.2) is 19.3 Å². The molecule has 0 aromatic carbocycles. The van der Waals surface area contributed by atoms with Crippen LogP contribution in [0.25, 0.3) is 0 Å². The van der Waals surface area contributed by atoms with Crippen molar-refractivity contribution >= 4 is 24.8 Å². The number of nitrogens with one attached hydrogen (secondary N) is 1. The van der Waals surface area contributed by atoms with Gasteiger partial charge in [0.05, 0.1) is 0 Å². The Labute approximate surface area is 91.7 Å². The maximum absolute atomic E-state index is 13.3. The van der Waals surface area contributed by atoms with E-state index in [1.165, 1.54) is 19.3 Å². The Bertz CT molecular complexity index is 140. The largest absolute Gasteiger partial charge is 0.314 e. The van der Waals surface area contributed by atoms with Crippen molar-refractivity contribution in [2.75, 3.05) is 13.1 Å². The van der Waals surface area contributed by atoms with Crippen LogP contribution in [0.1, 0.15) is 25.7 Å². The van der Waals surface area contributed by atoms with E-state index in [1.54, 1.807) is 0 Å². The van der Waals surface area contributed by atoms with Gasteiger partial charge in [0.25, 0.3) is 0 Å². The maximum Gasteiger partial charge on any atom is 0.116 e. The highest BCUT2D eigenvalue weighted by molar-refractivity contribution is 5.85. The highest BCUT2D eigenvalue weighted by Crippen LogP contribution is 2.38. The lowest BCUT2D eigenvalue weighted by Crippen LogP contribution is -2.42. The van der Waals surface area contributed by atoms with Crippen LogP contribution in [-0.2, 0) is 0 Å². The summed E-state index contributed by atoms with van der Waals surface area (Å²) in [4.78, 5) is 0. The number of piperidine rings is 1. The van der Waals surface area contributed by atoms with Gasteiger partial charge < -0.3 is 5.32 Å². The third kappa shape index (κ3) is 2.97. The number of halogens is 3. The van der Waals surface area contributed by atoms with Crippen molar-refractivity contribution < 1.29 is 4.39 Å². The predicted octanol–water partition coefficient (Wildman–Crippen LogP) is 2.58. The molecule has 13 heavy (non-hydrogen) atoms. The average molecular weight is 230 g/mol. The Kier molecular flexibility index (Phi) is 6.27. The van der Waals surface area contributed by atoms with Gasteiger partial charge in [-0.1, -0.05) is 19.3 Å². The van der Waals surface area contributed by atoms with Gasteiger partial charge in [-0.15, -0.1) is 24.8 Å². The second-order valence-corrected chi connectivity index (χ2v) is 3.86. The SMILES string of the molecule is Cl.Cl.F[C@H]1CNCC[C@@H]1C1CCC1. The zero-order valence-corrected chi connectivity index (χ0v) is 9.30. The van der Waals surface area contributed by atoms with Crippen LogP contribution in [0.15, 0.2) is 0 Å². The van der Waals surface area contributed by atoms with Crippen molar-refractivity contribution in [1.29, 1.82) is 0 Å². The third-order valence-electron chi connectivity index (χ3n) is 3.21. The van der Waals surface area contributed by atoms with Gasteiger partial charge in [-0.05, 0) is 24.8 Å². The molecule has 1 N–H and O–H groups in total. The molecule has 2 rings (SSSR count). The average Bonchev–Trinajstić information content (AvgIpc) is 1.90. The quantitative estimate of drug-likeness (QED) is 0.730. The molecule has 1 nitrogen and oxygen atoms in total. The molecule has 0 aromatic rings. The highest BCUT2D eigenvalue weighted by Gasteiger charge is 2.34. The predicted molar refractivity (Wildman–Crippen MR) is 57.7 cm³/mol. The molecule has 0 radical (unpaired) electrons. The molecule has 1 aliphatic heterocycles. The number of hydrogen-bond acceptors (Lipinski definition) is 1. The smallest absolute Gasteiger partial charge is 0.116 e. The minimum Gasteiger partial charge on any atom is -0.314 e. The molecule has 0 unspecified atom stereocenters. The molecule has 0 aromatic heterocycles. The molecule has 2 aliphatic rings. The van der Waals surface area contributed by atoms with E-state index in [-0.39, 0.29) is 24.8 Å². The molecule has 0 amide bonds. The fourth-order valence-electron chi connectivity index (χ4n) is 2.24. The summed E-state index contributed by atoms with van der Waals surface area (Å²) in [5, 5.41) is 3.09. The van der Waals surface area contributed by atoms with Crippen molar-refractivity contribution in [2.24, 2.45) is 11.8 Å². The van der Waals surface area contributed by atoms with Crippen LogP contribution >= 0.6 is 24.8 Å². The molecule has 1 saturated heterocycles. The summed E-state index contributed by atoms with van der Waals surface area (Å²) in [6, 6.07) is 0. The topological polar surface area (TPSA) is 12.0 Å². The van der Waals surface area contributed by atoms with E-state index >= 15 is 0 Å². The fourth-order valence-corrected chi connectivity index (χ4v) is 2.24. The molecule has 2 fully saturated rings. The standard InChI is InChI=1S/C9H16FN.2ClH/c10-9-6-11-5-4-8(9)7-2-1-3-7;;/h7-9,11H,1-6H2;2*1H/t8-,9+;;/m1../s1. The summed E-state index contributed by atoms with van der Waals surface area (Å²) < 4.78 is 13.3. The zero-order chi connectivity index (χ0) is 7.68. The lowest BCUT2D eigenvalue weighted by molar-refractivity contribution is 0.0816. The van der Waals surface area contributed by atoms with E-state index in [1.807, 2.05) is 0 Å². The third-order valence-corrected chi connectivity index (χ3v) is 3.21. The van der Waals surface area contributed by atoms with Gasteiger partial charge >= 0.3 is 0 Å². The summed E-state index contributed by atoms with van der Waals surface area (Å²) in [5.74, 6) is 1.12. The van der Waals surface area contributed by atoms with Gasteiger partial charge in [0.2, 0.25) is 0 Å². The molecular weight excluding hydrogens is 212 g/mol. The lowest BCUT2D eigenvalue weighted by atomic mass is 9.72. The van der Waals surface area contributed by atoms with Gasteiger partial charge in [-0.3, -0.25) is 0 Å². The second-order valence-electron chi connectivity index (χ2n) is 3.86. The van der Waals surface area contributed by atoms with Crippen LogP contribution in [0.3, 0.4) is 0 Å². The first kappa shape index (κ1) is 13.5. The van der Waals surface area contributed by atoms with Gasteiger partial charge in [-0.2, -0.15) is 0 Å². The van der Waals surface area contributed by atoms with Crippen LogP contribution in [0.4, 0.5) is 4.39 Å². The summed E-state index contributed by atoms with van der Waals surface area (Å²) >= 11 is 0. The summed E-state index contributed by atoms with van der Waals surface area (Å²) in [6.07, 6.45) is 4.40. The molecule has 1 saturated carbocycles. The highest BCUT2D eigenvalue weighted by atomic mass is 35.5. The van der Waals surface area contributed by atoms with Gasteiger partial charge in [0.1, 0.15) is 6.17 Å². The summed E-state index contributed by atoms with van der Waals surface area (Å²) in [6.45, 7) is 1.63. The Morgan fingerprint density at radius 1 is 1.08 bits per heavy atom. The van der Waals surface area contributed by atoms with Crippen molar-refractivity contribution in [2.45, 2.75) is 31.9 Å². The Morgan fingerprint density at radius 3 is 2.23 bits per heavy atom. The van der Waals surface area contributed by atoms with E-state index in [0.717, 1.165) is 18.9 Å². The minimum atomic E-state index is -0.561. The van der Waals surface area contributed by atoms with Crippen molar-refractivity contribution in [3.63, 3.8) is 0 Å². The van der Waals surface area contributed by atoms with Gasteiger partial charge in [-0.25, -0.2) is 4.39 Å². The first-order chi connectivity index (χ1) is 5.38. The Balaban J connectivity index is 0.000000720. The molecule has 80 valence electrons. The normalized spacial score (nSPS) is 33.9. The van der Waals surface area contributed by atoms with Crippen molar-refractivity contribution in [3.8, 4) is 0 Å². The van der Waals surface area contributed by atoms with Crippen LogP contribution in [0.2, 0.25) is 0 Å². The molecular formula is C9H18Cl2FN. The van der Waals surface area contributed by atoms with Gasteiger partial charge in [0.15, 0.2) is 0 Å². The fraction of sp³-hybridized carbons (Fsp3) is 1.00. The maximum atomic E-state index is 13.3. The first-order valence-electron chi connectivity index (χ1n) is 4.72. The van der Waals surface area contributed by atoms with E-state index in [0.29, 0.717) is 12.5 Å².